The number of hydrogen-bond acceptors (Lipinski definition) is 4. The fourth-order valence-electron chi connectivity index (χ4n) is 1.36. The maximum atomic E-state index is 5.81. The molecule has 4 heteroatoms. The van der Waals surface area contributed by atoms with Crippen molar-refractivity contribution in [2.75, 3.05) is 18.1 Å². The highest BCUT2D eigenvalue weighted by Gasteiger charge is 2.11. The maximum Gasteiger partial charge on any atom is 0.147 e. The fourth-order valence-corrected chi connectivity index (χ4v) is 2.04. The lowest BCUT2D eigenvalue weighted by atomic mass is 10.1. The minimum absolute atomic E-state index is 0.588. The second-order valence-corrected chi connectivity index (χ2v) is 3.66. The summed E-state index contributed by atoms with van der Waals surface area (Å²) in [5.41, 5.74) is 7.91. The molecule has 0 atom stereocenters. The average Bonchev–Trinajstić information content (AvgIpc) is 2.61. The molecular formula is C10H11N3S. The van der Waals surface area contributed by atoms with Crippen LogP contribution in [0.4, 0.5) is 10.8 Å². The van der Waals surface area contributed by atoms with Crippen LogP contribution in [0.15, 0.2) is 30.3 Å². The molecule has 1 aromatic heterocycles. The number of rotatable bonds is 2. The third kappa shape index (κ3) is 1.44. The van der Waals surface area contributed by atoms with Gasteiger partial charge in [0.25, 0.3) is 0 Å². The van der Waals surface area contributed by atoms with E-state index in [-0.39, 0.29) is 0 Å². The van der Waals surface area contributed by atoms with Gasteiger partial charge in [-0.3, -0.25) is 0 Å². The zero-order valence-corrected chi connectivity index (χ0v) is 8.64. The summed E-state index contributed by atoms with van der Waals surface area (Å²) in [5.74, 6) is 0.588. The minimum Gasteiger partial charge on any atom is -0.382 e. The second kappa shape index (κ2) is 3.67. The lowest BCUT2D eigenvalue weighted by Crippen LogP contribution is -1.91. The Hall–Kier alpha value is -1.55. The maximum absolute atomic E-state index is 5.81. The van der Waals surface area contributed by atoms with Crippen molar-refractivity contribution in [2.45, 2.75) is 0 Å². The van der Waals surface area contributed by atoms with Crippen molar-refractivity contribution in [3.05, 3.63) is 30.3 Å². The van der Waals surface area contributed by atoms with E-state index in [9.17, 15) is 0 Å². The van der Waals surface area contributed by atoms with Gasteiger partial charge in [-0.05, 0) is 17.1 Å². The van der Waals surface area contributed by atoms with Gasteiger partial charge >= 0.3 is 0 Å². The molecule has 0 aliphatic rings. The van der Waals surface area contributed by atoms with E-state index < -0.39 is 0 Å². The highest BCUT2D eigenvalue weighted by molar-refractivity contribution is 7.11. The second-order valence-electron chi connectivity index (χ2n) is 2.89. The van der Waals surface area contributed by atoms with Gasteiger partial charge < -0.3 is 11.1 Å². The van der Waals surface area contributed by atoms with Gasteiger partial charge in [0, 0.05) is 7.05 Å². The Balaban J connectivity index is 2.55. The van der Waals surface area contributed by atoms with Gasteiger partial charge in [-0.1, -0.05) is 30.3 Å². The third-order valence-corrected chi connectivity index (χ3v) is 2.89. The van der Waals surface area contributed by atoms with E-state index in [1.54, 1.807) is 0 Å². The summed E-state index contributed by atoms with van der Waals surface area (Å²) >= 11 is 1.38. The van der Waals surface area contributed by atoms with Gasteiger partial charge in [-0.2, -0.15) is 4.37 Å². The van der Waals surface area contributed by atoms with E-state index in [1.165, 1.54) is 11.5 Å². The van der Waals surface area contributed by atoms with Crippen LogP contribution in [-0.4, -0.2) is 11.4 Å². The van der Waals surface area contributed by atoms with E-state index in [2.05, 4.69) is 9.69 Å². The van der Waals surface area contributed by atoms with Crippen molar-refractivity contribution in [3.8, 4) is 11.1 Å². The SMILES string of the molecule is CNc1snc(N)c1-c1ccccc1. The molecule has 14 heavy (non-hydrogen) atoms. The molecule has 0 saturated carbocycles. The van der Waals surface area contributed by atoms with Gasteiger partial charge in [0.1, 0.15) is 10.8 Å². The molecule has 0 unspecified atom stereocenters. The lowest BCUT2D eigenvalue weighted by Gasteiger charge is -2.02. The first-order chi connectivity index (χ1) is 6.83. The molecule has 1 aromatic carbocycles. The zero-order valence-electron chi connectivity index (χ0n) is 7.82. The molecule has 3 N–H and O–H groups in total. The summed E-state index contributed by atoms with van der Waals surface area (Å²) in [6.45, 7) is 0. The Kier molecular flexibility index (Phi) is 2.37. The first-order valence-electron chi connectivity index (χ1n) is 4.31. The Morgan fingerprint density at radius 2 is 2.00 bits per heavy atom. The molecule has 0 aliphatic carbocycles. The molecule has 72 valence electrons. The largest absolute Gasteiger partial charge is 0.382 e. The van der Waals surface area contributed by atoms with E-state index in [1.807, 2.05) is 37.4 Å². The van der Waals surface area contributed by atoms with Crippen LogP contribution in [0.2, 0.25) is 0 Å². The van der Waals surface area contributed by atoms with Crippen LogP contribution in [0, 0.1) is 0 Å². The standard InChI is InChI=1S/C10H11N3S/c1-12-10-8(9(11)13-14-10)7-5-3-2-4-6-7/h2-6,12H,1H3,(H2,11,13). The van der Waals surface area contributed by atoms with Gasteiger partial charge in [-0.15, -0.1) is 0 Å². The summed E-state index contributed by atoms with van der Waals surface area (Å²) in [6.07, 6.45) is 0. The molecule has 2 rings (SSSR count). The van der Waals surface area contributed by atoms with Gasteiger partial charge in [0.05, 0.1) is 5.56 Å². The molecule has 0 saturated heterocycles. The summed E-state index contributed by atoms with van der Waals surface area (Å²) in [6, 6.07) is 10.0. The van der Waals surface area contributed by atoms with Crippen LogP contribution in [0.5, 0.6) is 0 Å². The van der Waals surface area contributed by atoms with E-state index in [4.69, 9.17) is 5.73 Å². The number of nitrogens with zero attached hydrogens (tertiary/aromatic N) is 1. The smallest absolute Gasteiger partial charge is 0.147 e. The van der Waals surface area contributed by atoms with E-state index >= 15 is 0 Å². The number of anilines is 2. The van der Waals surface area contributed by atoms with Gasteiger partial charge in [0.15, 0.2) is 0 Å². The number of benzene rings is 1. The van der Waals surface area contributed by atoms with Crippen LogP contribution >= 0.6 is 11.5 Å². The molecule has 0 fully saturated rings. The third-order valence-electron chi connectivity index (χ3n) is 2.01. The molecule has 0 radical (unpaired) electrons. The molecule has 2 aromatic rings. The van der Waals surface area contributed by atoms with Gasteiger partial charge in [-0.25, -0.2) is 0 Å². The average molecular weight is 205 g/mol. The summed E-state index contributed by atoms with van der Waals surface area (Å²) in [4.78, 5) is 0. The summed E-state index contributed by atoms with van der Waals surface area (Å²) in [5, 5.41) is 4.10. The molecule has 0 amide bonds. The Morgan fingerprint density at radius 3 is 2.64 bits per heavy atom. The zero-order chi connectivity index (χ0) is 9.97. The number of hydrogen-bond donors (Lipinski definition) is 2. The highest BCUT2D eigenvalue weighted by atomic mass is 32.1. The summed E-state index contributed by atoms with van der Waals surface area (Å²) in [7, 11) is 1.87. The highest BCUT2D eigenvalue weighted by Crippen LogP contribution is 2.35. The van der Waals surface area contributed by atoms with Crippen LogP contribution in [0.25, 0.3) is 11.1 Å². The summed E-state index contributed by atoms with van der Waals surface area (Å²) < 4.78 is 4.12. The lowest BCUT2D eigenvalue weighted by molar-refractivity contribution is 1.53. The molecule has 0 aliphatic heterocycles. The molecular weight excluding hydrogens is 194 g/mol. The quantitative estimate of drug-likeness (QED) is 0.791. The predicted molar refractivity (Wildman–Crippen MR) is 61.5 cm³/mol. The van der Waals surface area contributed by atoms with Crippen molar-refractivity contribution < 1.29 is 0 Å². The predicted octanol–water partition coefficient (Wildman–Crippen LogP) is 2.43. The van der Waals surface area contributed by atoms with Crippen LogP contribution in [0.3, 0.4) is 0 Å². The van der Waals surface area contributed by atoms with E-state index in [0.29, 0.717) is 5.82 Å². The molecule has 0 bridgehead atoms. The number of aromatic nitrogens is 1. The number of nitrogens with two attached hydrogens (primary N) is 1. The van der Waals surface area contributed by atoms with Crippen molar-refractivity contribution >= 4 is 22.4 Å². The van der Waals surface area contributed by atoms with Crippen LogP contribution in [-0.2, 0) is 0 Å². The Morgan fingerprint density at radius 1 is 1.29 bits per heavy atom. The molecule has 0 spiro atoms. The Labute approximate surface area is 86.7 Å². The van der Waals surface area contributed by atoms with Crippen molar-refractivity contribution in [3.63, 3.8) is 0 Å². The van der Waals surface area contributed by atoms with Gasteiger partial charge in [0.2, 0.25) is 0 Å². The number of nitrogens with one attached hydrogen (secondary N) is 1. The topological polar surface area (TPSA) is 50.9 Å². The fraction of sp³-hybridized carbons (Fsp3) is 0.100. The Bertz CT molecular complexity index is 422. The first-order valence-corrected chi connectivity index (χ1v) is 5.08. The minimum atomic E-state index is 0.588. The van der Waals surface area contributed by atoms with E-state index in [0.717, 1.165) is 16.1 Å². The van der Waals surface area contributed by atoms with Crippen LogP contribution in [0.1, 0.15) is 0 Å². The van der Waals surface area contributed by atoms with Crippen molar-refractivity contribution in [1.82, 2.24) is 4.37 Å². The van der Waals surface area contributed by atoms with Crippen molar-refractivity contribution in [2.24, 2.45) is 0 Å². The van der Waals surface area contributed by atoms with Crippen molar-refractivity contribution in [1.29, 1.82) is 0 Å². The number of nitrogen functional groups attached to an aromatic ring is 1. The molecule has 3 nitrogen and oxygen atoms in total. The first kappa shape index (κ1) is 9.02. The normalized spacial score (nSPS) is 10.1. The monoisotopic (exact) mass is 205 g/mol. The van der Waals surface area contributed by atoms with Crippen LogP contribution < -0.4 is 11.1 Å². The molecule has 1 heterocycles.